The Morgan fingerprint density at radius 2 is 1.79 bits per heavy atom. The number of nitrogens with zero attached hydrogens (tertiary/aromatic N) is 7. The molecule has 0 saturated heterocycles. The fourth-order valence-electron chi connectivity index (χ4n) is 4.03. The number of sulfonamides is 1. The summed E-state index contributed by atoms with van der Waals surface area (Å²) >= 11 is 6.24. The van der Waals surface area contributed by atoms with E-state index in [2.05, 4.69) is 30.6 Å². The number of rotatable bonds is 10. The van der Waals surface area contributed by atoms with Crippen LogP contribution in [0.1, 0.15) is 15.9 Å². The molecule has 5 rings (SSSR count). The van der Waals surface area contributed by atoms with Crippen molar-refractivity contribution in [3.63, 3.8) is 0 Å². The summed E-state index contributed by atoms with van der Waals surface area (Å²) in [5, 5.41) is 29.4. The van der Waals surface area contributed by atoms with Crippen LogP contribution in [0.15, 0.2) is 90.2 Å². The van der Waals surface area contributed by atoms with Gasteiger partial charge in [0.15, 0.2) is 0 Å². The molecule has 198 valence electrons. The zero-order valence-electron chi connectivity index (χ0n) is 20.2. The van der Waals surface area contributed by atoms with Crippen LogP contribution in [0, 0.1) is 0 Å². The minimum Gasteiger partial charge on any atom is -0.478 e. The van der Waals surface area contributed by atoms with Crippen molar-refractivity contribution in [3.8, 4) is 16.9 Å². The van der Waals surface area contributed by atoms with Crippen LogP contribution in [-0.4, -0.2) is 60.7 Å². The Hall–Kier alpha value is -4.46. The summed E-state index contributed by atoms with van der Waals surface area (Å²) in [6, 6.07) is 19.0. The third-order valence-electron chi connectivity index (χ3n) is 5.83. The summed E-state index contributed by atoms with van der Waals surface area (Å²) in [5.74, 6) is -1.14. The van der Waals surface area contributed by atoms with E-state index < -0.39 is 22.0 Å². The highest BCUT2D eigenvalue weighted by Crippen LogP contribution is 2.27. The molecule has 0 aliphatic rings. The first kappa shape index (κ1) is 26.2. The Kier molecular flexibility index (Phi) is 7.45. The lowest BCUT2D eigenvalue weighted by Gasteiger charge is -2.19. The quantitative estimate of drug-likeness (QED) is 0.260. The third-order valence-corrected chi connectivity index (χ3v) is 7.61. The van der Waals surface area contributed by atoms with Crippen LogP contribution in [0.2, 0.25) is 5.02 Å². The molecule has 0 aliphatic carbocycles. The first-order valence-electron chi connectivity index (χ1n) is 11.6. The number of hydrogen-bond acceptors (Lipinski definition) is 8. The molecule has 3 aromatic carbocycles. The zero-order valence-corrected chi connectivity index (χ0v) is 21.7. The highest BCUT2D eigenvalue weighted by atomic mass is 35.5. The SMILES string of the molecule is O=C(O)c1ccc(S(=O)(=O)NC(Cc2ccccc2)Cn2cc(-c3cc(Cl)ccc3-n3cnnn3)nn2)cc1. The molecule has 0 radical (unpaired) electrons. The van der Waals surface area contributed by atoms with Gasteiger partial charge in [-0.05, 0) is 64.9 Å². The highest BCUT2D eigenvalue weighted by molar-refractivity contribution is 7.89. The van der Waals surface area contributed by atoms with Crippen molar-refractivity contribution in [2.75, 3.05) is 0 Å². The molecule has 0 amide bonds. The van der Waals surface area contributed by atoms with E-state index >= 15 is 0 Å². The van der Waals surface area contributed by atoms with Gasteiger partial charge in [-0.2, -0.15) is 4.68 Å². The van der Waals surface area contributed by atoms with Crippen molar-refractivity contribution in [2.45, 2.75) is 23.9 Å². The lowest BCUT2D eigenvalue weighted by atomic mass is 10.1. The first-order chi connectivity index (χ1) is 18.8. The van der Waals surface area contributed by atoms with Gasteiger partial charge in [-0.25, -0.2) is 17.9 Å². The van der Waals surface area contributed by atoms with E-state index in [1.165, 1.54) is 35.3 Å². The van der Waals surface area contributed by atoms with Crippen LogP contribution < -0.4 is 4.72 Å². The van der Waals surface area contributed by atoms with Crippen molar-refractivity contribution >= 4 is 27.6 Å². The van der Waals surface area contributed by atoms with Crippen molar-refractivity contribution in [1.29, 1.82) is 0 Å². The minimum absolute atomic E-state index is 0.00742. The average Bonchev–Trinajstić information content (AvgIpc) is 3.62. The van der Waals surface area contributed by atoms with Gasteiger partial charge in [-0.1, -0.05) is 47.1 Å². The molecule has 2 N–H and O–H groups in total. The van der Waals surface area contributed by atoms with Gasteiger partial charge in [0, 0.05) is 16.6 Å². The van der Waals surface area contributed by atoms with Crippen LogP contribution >= 0.6 is 11.6 Å². The molecule has 0 saturated carbocycles. The largest absolute Gasteiger partial charge is 0.478 e. The number of halogens is 1. The molecule has 1 atom stereocenters. The van der Waals surface area contributed by atoms with Gasteiger partial charge in [0.25, 0.3) is 0 Å². The molecule has 2 heterocycles. The normalized spacial score (nSPS) is 12.3. The molecule has 0 aliphatic heterocycles. The monoisotopic (exact) mass is 564 g/mol. The summed E-state index contributed by atoms with van der Waals surface area (Å²) in [5.41, 5.74) is 2.69. The number of hydrogen-bond donors (Lipinski definition) is 2. The van der Waals surface area contributed by atoms with E-state index in [1.807, 2.05) is 30.3 Å². The van der Waals surface area contributed by atoms with Gasteiger partial charge < -0.3 is 5.11 Å². The molecule has 12 nitrogen and oxygen atoms in total. The van der Waals surface area contributed by atoms with Crippen LogP contribution in [0.3, 0.4) is 0 Å². The molecular formula is C25H21ClN8O4S. The fourth-order valence-corrected chi connectivity index (χ4v) is 5.43. The van der Waals surface area contributed by atoms with Gasteiger partial charge in [0.2, 0.25) is 10.0 Å². The Morgan fingerprint density at radius 3 is 2.49 bits per heavy atom. The molecule has 2 aromatic heterocycles. The maximum Gasteiger partial charge on any atom is 0.335 e. The van der Waals surface area contributed by atoms with Gasteiger partial charge >= 0.3 is 5.97 Å². The second kappa shape index (κ2) is 11.1. The Morgan fingerprint density at radius 1 is 1.03 bits per heavy atom. The number of tetrazole rings is 1. The van der Waals surface area contributed by atoms with E-state index in [-0.39, 0.29) is 17.0 Å². The van der Waals surface area contributed by atoms with Crippen molar-refractivity contribution in [1.82, 2.24) is 39.9 Å². The Bertz CT molecular complexity index is 1690. The molecule has 0 fully saturated rings. The predicted molar refractivity (Wildman–Crippen MR) is 141 cm³/mol. The molecule has 0 bridgehead atoms. The van der Waals surface area contributed by atoms with E-state index in [0.717, 1.165) is 5.56 Å². The van der Waals surface area contributed by atoms with Crippen LogP contribution in [-0.2, 0) is 23.0 Å². The maximum atomic E-state index is 13.2. The lowest BCUT2D eigenvalue weighted by molar-refractivity contribution is 0.0696. The van der Waals surface area contributed by atoms with Crippen molar-refractivity contribution in [3.05, 3.63) is 101 Å². The van der Waals surface area contributed by atoms with Crippen LogP contribution in [0.25, 0.3) is 16.9 Å². The summed E-state index contributed by atoms with van der Waals surface area (Å²) in [6.07, 6.45) is 3.51. The van der Waals surface area contributed by atoms with E-state index in [1.54, 1.807) is 29.1 Å². The molecule has 0 spiro atoms. The summed E-state index contributed by atoms with van der Waals surface area (Å²) < 4.78 is 32.2. The molecule has 39 heavy (non-hydrogen) atoms. The third kappa shape index (κ3) is 6.17. The Labute approximate surface area is 227 Å². The number of benzene rings is 3. The summed E-state index contributed by atoms with van der Waals surface area (Å²) in [7, 11) is -3.98. The molecule has 5 aromatic rings. The van der Waals surface area contributed by atoms with Crippen molar-refractivity contribution < 1.29 is 18.3 Å². The van der Waals surface area contributed by atoms with Crippen LogP contribution in [0.5, 0.6) is 0 Å². The molecular weight excluding hydrogens is 544 g/mol. The smallest absolute Gasteiger partial charge is 0.335 e. The van der Waals surface area contributed by atoms with Gasteiger partial charge in [0.1, 0.15) is 12.0 Å². The number of aromatic nitrogens is 7. The summed E-state index contributed by atoms with van der Waals surface area (Å²) in [4.78, 5) is 11.1. The minimum atomic E-state index is -3.98. The van der Waals surface area contributed by atoms with Gasteiger partial charge in [0.05, 0.1) is 28.9 Å². The lowest BCUT2D eigenvalue weighted by Crippen LogP contribution is -2.39. The fraction of sp³-hybridized carbons (Fsp3) is 0.120. The number of carboxylic acid groups (broad SMARTS) is 1. The van der Waals surface area contributed by atoms with E-state index in [0.29, 0.717) is 28.4 Å². The number of carbonyl (C=O) groups is 1. The summed E-state index contributed by atoms with van der Waals surface area (Å²) in [6.45, 7) is 0.162. The average molecular weight is 565 g/mol. The first-order valence-corrected chi connectivity index (χ1v) is 13.5. The van der Waals surface area contributed by atoms with E-state index in [9.17, 15) is 13.2 Å². The Balaban J connectivity index is 1.43. The van der Waals surface area contributed by atoms with E-state index in [4.69, 9.17) is 16.7 Å². The second-order valence-corrected chi connectivity index (χ2v) is 10.7. The predicted octanol–water partition coefficient (Wildman–Crippen LogP) is 2.86. The van der Waals surface area contributed by atoms with Gasteiger partial charge in [-0.3, -0.25) is 4.68 Å². The maximum absolute atomic E-state index is 13.2. The number of carboxylic acids is 1. The second-order valence-electron chi connectivity index (χ2n) is 8.58. The molecule has 14 heteroatoms. The number of aromatic carboxylic acids is 1. The number of nitrogens with one attached hydrogen (secondary N) is 1. The van der Waals surface area contributed by atoms with Crippen LogP contribution in [0.4, 0.5) is 0 Å². The van der Waals surface area contributed by atoms with Gasteiger partial charge in [-0.15, -0.1) is 10.2 Å². The van der Waals surface area contributed by atoms with Crippen molar-refractivity contribution in [2.24, 2.45) is 0 Å². The standard InChI is InChI=1S/C25H21ClN8O4S/c26-19-8-11-24(34-16-27-30-32-34)22(13-19)23-15-33(31-28-23)14-20(12-17-4-2-1-3-5-17)29-39(37,38)21-9-6-18(7-10-21)25(35)36/h1-11,13,15-16,20,29H,12,14H2,(H,35,36). The zero-order chi connectivity index (χ0) is 27.4. The highest BCUT2D eigenvalue weighted by Gasteiger charge is 2.23. The molecule has 1 unspecified atom stereocenters. The topological polar surface area (TPSA) is 158 Å².